The minimum Gasteiger partial charge on any atom is -0.507 e. The zero-order chi connectivity index (χ0) is 15.6. The highest BCUT2D eigenvalue weighted by Crippen LogP contribution is 2.26. The van der Waals surface area contributed by atoms with Crippen molar-refractivity contribution in [1.82, 2.24) is 4.57 Å². The predicted molar refractivity (Wildman–Crippen MR) is 86.5 cm³/mol. The van der Waals surface area contributed by atoms with Gasteiger partial charge in [-0.05, 0) is 32.0 Å². The van der Waals surface area contributed by atoms with Gasteiger partial charge in [0.05, 0.1) is 12.0 Å². The highest BCUT2D eigenvalue weighted by atomic mass is 32.1. The second-order valence-corrected chi connectivity index (χ2v) is 5.38. The molecule has 2 aromatic rings. The Morgan fingerprint density at radius 1 is 1.29 bits per heavy atom. The number of ether oxygens (including phenoxy) is 1. The van der Waals surface area contributed by atoms with E-state index >= 15 is 0 Å². The second-order valence-electron chi connectivity index (χ2n) is 4.97. The lowest BCUT2D eigenvalue weighted by Gasteiger charge is -2.13. The highest BCUT2D eigenvalue weighted by Gasteiger charge is 2.12. The van der Waals surface area contributed by atoms with Crippen molar-refractivity contribution >= 4 is 17.1 Å². The normalized spacial score (nSPS) is 10.7. The minimum absolute atomic E-state index is 0.0460. The van der Waals surface area contributed by atoms with Gasteiger partial charge in [-0.1, -0.05) is 12.2 Å². The molecule has 0 bridgehead atoms. The van der Waals surface area contributed by atoms with Crippen molar-refractivity contribution < 1.29 is 9.84 Å². The quantitative estimate of drug-likeness (QED) is 0.697. The van der Waals surface area contributed by atoms with Crippen molar-refractivity contribution in [2.75, 3.05) is 7.11 Å². The number of hydrogen-bond donors (Lipinski definition) is 1. The average Bonchev–Trinajstić information content (AvgIpc) is 2.46. The summed E-state index contributed by atoms with van der Waals surface area (Å²) in [5.41, 5.74) is 1.19. The molecule has 1 N–H and O–H groups in total. The Bertz CT molecular complexity index is 735. The Labute approximate surface area is 128 Å². The monoisotopic (exact) mass is 303 g/mol. The maximum absolute atomic E-state index is 11.8. The van der Waals surface area contributed by atoms with Gasteiger partial charge in [0.15, 0.2) is 0 Å². The molecule has 0 aliphatic heterocycles. The van der Waals surface area contributed by atoms with E-state index in [1.807, 2.05) is 13.8 Å². The van der Waals surface area contributed by atoms with E-state index in [-0.39, 0.29) is 17.4 Å². The maximum Gasteiger partial charge on any atom is 0.250 e. The van der Waals surface area contributed by atoms with E-state index in [0.29, 0.717) is 16.2 Å². The molecule has 2 rings (SSSR count). The molecule has 1 aromatic heterocycles. The topological polar surface area (TPSA) is 51.5 Å². The Hall–Kier alpha value is -2.14. The molecule has 4 nitrogen and oxygen atoms in total. The van der Waals surface area contributed by atoms with E-state index in [1.165, 1.54) is 19.2 Å². The first-order valence-corrected chi connectivity index (χ1v) is 6.98. The lowest BCUT2D eigenvalue weighted by molar-refractivity contribution is 0.407. The van der Waals surface area contributed by atoms with Crippen LogP contribution in [-0.2, 0) is 0 Å². The summed E-state index contributed by atoms with van der Waals surface area (Å²) < 4.78 is 6.67. The lowest BCUT2D eigenvalue weighted by Crippen LogP contribution is -2.21. The van der Waals surface area contributed by atoms with Gasteiger partial charge in [0.2, 0.25) is 0 Å². The summed E-state index contributed by atoms with van der Waals surface area (Å²) >= 11 is 5.43. The van der Waals surface area contributed by atoms with Crippen LogP contribution in [0.3, 0.4) is 0 Å². The summed E-state index contributed by atoms with van der Waals surface area (Å²) in [5, 5.41) is 10.1. The molecule has 0 radical (unpaired) electrons. The van der Waals surface area contributed by atoms with E-state index in [1.54, 1.807) is 29.0 Å². The lowest BCUT2D eigenvalue weighted by atomic mass is 10.0. The standard InChI is InChI=1S/C16H17NO3S/c1-10(2)17-9-11(4-7-15(17)19)16(21)13-6-5-12(20-3)8-14(13)18/h4-10,18H,1-3H3. The number of nitrogens with zero attached hydrogens (tertiary/aromatic N) is 1. The van der Waals surface area contributed by atoms with Crippen molar-refractivity contribution in [1.29, 1.82) is 0 Å². The van der Waals surface area contributed by atoms with Gasteiger partial charge in [0.25, 0.3) is 5.56 Å². The SMILES string of the molecule is COc1ccc(C(=S)c2ccc(=O)n(C(C)C)c2)c(O)c1. The van der Waals surface area contributed by atoms with Crippen LogP contribution in [0, 0.1) is 0 Å². The Kier molecular flexibility index (Phi) is 4.43. The molecule has 0 atom stereocenters. The maximum atomic E-state index is 11.8. The summed E-state index contributed by atoms with van der Waals surface area (Å²) in [4.78, 5) is 12.3. The Morgan fingerprint density at radius 2 is 2.00 bits per heavy atom. The van der Waals surface area contributed by atoms with Crippen molar-refractivity contribution in [3.63, 3.8) is 0 Å². The molecule has 21 heavy (non-hydrogen) atoms. The van der Waals surface area contributed by atoms with Gasteiger partial charge in [-0.2, -0.15) is 0 Å². The van der Waals surface area contributed by atoms with Crippen LogP contribution in [0.1, 0.15) is 31.0 Å². The van der Waals surface area contributed by atoms with Crippen molar-refractivity contribution in [3.05, 3.63) is 58.0 Å². The van der Waals surface area contributed by atoms with E-state index in [0.717, 1.165) is 5.56 Å². The van der Waals surface area contributed by atoms with Crippen LogP contribution in [-0.4, -0.2) is 21.6 Å². The zero-order valence-corrected chi connectivity index (χ0v) is 13.0. The van der Waals surface area contributed by atoms with Gasteiger partial charge in [-0.15, -0.1) is 0 Å². The van der Waals surface area contributed by atoms with Gasteiger partial charge < -0.3 is 14.4 Å². The summed E-state index contributed by atoms with van der Waals surface area (Å²) in [6.07, 6.45) is 1.72. The molecule has 0 unspecified atom stereocenters. The molecule has 0 aliphatic carbocycles. The number of phenols is 1. The molecule has 0 saturated heterocycles. The van der Waals surface area contributed by atoms with Gasteiger partial charge in [-0.3, -0.25) is 4.79 Å². The fourth-order valence-corrected chi connectivity index (χ4v) is 2.32. The zero-order valence-electron chi connectivity index (χ0n) is 12.2. The molecule has 0 amide bonds. The van der Waals surface area contributed by atoms with E-state index in [9.17, 15) is 9.90 Å². The van der Waals surface area contributed by atoms with Crippen LogP contribution in [0.25, 0.3) is 0 Å². The third-order valence-corrected chi connectivity index (χ3v) is 3.66. The molecule has 1 heterocycles. The number of pyridine rings is 1. The molecular weight excluding hydrogens is 286 g/mol. The van der Waals surface area contributed by atoms with Crippen molar-refractivity contribution in [2.45, 2.75) is 19.9 Å². The van der Waals surface area contributed by atoms with Gasteiger partial charge >= 0.3 is 0 Å². The third kappa shape index (κ3) is 3.13. The molecule has 1 aromatic carbocycles. The van der Waals surface area contributed by atoms with Gasteiger partial charge in [0, 0.05) is 35.5 Å². The number of hydrogen-bond acceptors (Lipinski definition) is 4. The number of aromatic hydroxyl groups is 1. The van der Waals surface area contributed by atoms with E-state index in [2.05, 4.69) is 0 Å². The Morgan fingerprint density at radius 3 is 2.57 bits per heavy atom. The first kappa shape index (κ1) is 15.3. The summed E-state index contributed by atoms with van der Waals surface area (Å²) in [6.45, 7) is 3.86. The fourth-order valence-electron chi connectivity index (χ4n) is 2.03. The van der Waals surface area contributed by atoms with E-state index in [4.69, 9.17) is 17.0 Å². The number of thiocarbonyl (C=S) groups is 1. The van der Waals surface area contributed by atoms with Crippen LogP contribution in [0.4, 0.5) is 0 Å². The second kappa shape index (κ2) is 6.10. The van der Waals surface area contributed by atoms with Crippen LogP contribution < -0.4 is 10.3 Å². The first-order chi connectivity index (χ1) is 9.93. The van der Waals surface area contributed by atoms with Crippen LogP contribution in [0.5, 0.6) is 11.5 Å². The van der Waals surface area contributed by atoms with Gasteiger partial charge in [0.1, 0.15) is 11.5 Å². The highest BCUT2D eigenvalue weighted by molar-refractivity contribution is 7.81. The largest absolute Gasteiger partial charge is 0.507 e. The third-order valence-electron chi connectivity index (χ3n) is 3.21. The number of aromatic nitrogens is 1. The number of methoxy groups -OCH3 is 1. The minimum atomic E-state index is -0.0736. The van der Waals surface area contributed by atoms with E-state index < -0.39 is 0 Å². The average molecular weight is 303 g/mol. The molecule has 5 heteroatoms. The number of rotatable bonds is 4. The summed E-state index contributed by atoms with van der Waals surface area (Å²) in [6, 6.07) is 8.17. The predicted octanol–water partition coefficient (Wildman–Crippen LogP) is 2.91. The smallest absolute Gasteiger partial charge is 0.250 e. The number of phenolic OH excluding ortho intramolecular Hbond substituents is 1. The van der Waals surface area contributed by atoms with Crippen molar-refractivity contribution in [3.8, 4) is 11.5 Å². The molecule has 0 saturated carbocycles. The molecule has 0 fully saturated rings. The van der Waals surface area contributed by atoms with Gasteiger partial charge in [-0.25, -0.2) is 0 Å². The molecule has 0 spiro atoms. The summed E-state index contributed by atoms with van der Waals surface area (Å²) in [5.74, 6) is 0.618. The van der Waals surface area contributed by atoms with Crippen LogP contribution >= 0.6 is 12.2 Å². The van der Waals surface area contributed by atoms with Crippen LogP contribution in [0.2, 0.25) is 0 Å². The summed E-state index contributed by atoms with van der Waals surface area (Å²) in [7, 11) is 1.53. The molecular formula is C16H17NO3S. The molecule has 0 aliphatic rings. The Balaban J connectivity index is 2.45. The van der Waals surface area contributed by atoms with Crippen molar-refractivity contribution in [2.24, 2.45) is 0 Å². The number of benzene rings is 1. The first-order valence-electron chi connectivity index (χ1n) is 6.58. The fraction of sp³-hybridized carbons (Fsp3) is 0.250. The molecule has 110 valence electrons. The van der Waals surface area contributed by atoms with Crippen LogP contribution in [0.15, 0.2) is 41.3 Å².